The fourth-order valence-electron chi connectivity index (χ4n) is 1.81. The smallest absolute Gasteiger partial charge is 0.335 e. The predicted octanol–water partition coefficient (Wildman–Crippen LogP) is 2.23. The highest BCUT2D eigenvalue weighted by Crippen LogP contribution is 2.19. The molecular weight excluding hydrogens is 303 g/mol. The van der Waals surface area contributed by atoms with Gasteiger partial charge in [0.2, 0.25) is 6.41 Å². The molecule has 7 heteroatoms. The van der Waals surface area contributed by atoms with Gasteiger partial charge in [-0.2, -0.15) is 0 Å². The molecule has 0 heterocycles. The van der Waals surface area contributed by atoms with Gasteiger partial charge in [-0.1, -0.05) is 0 Å². The summed E-state index contributed by atoms with van der Waals surface area (Å²) in [5.74, 6) is -0.108. The van der Waals surface area contributed by atoms with Gasteiger partial charge in [0.1, 0.15) is 0 Å². The predicted molar refractivity (Wildman–Crippen MR) is 79.8 cm³/mol. The van der Waals surface area contributed by atoms with E-state index in [-0.39, 0.29) is 5.56 Å². The van der Waals surface area contributed by atoms with Crippen LogP contribution >= 0.6 is 23.2 Å². The van der Waals surface area contributed by atoms with Crippen molar-refractivity contribution in [3.8, 4) is 0 Å². The quantitative estimate of drug-likeness (QED) is 0.541. The van der Waals surface area contributed by atoms with Crippen LogP contribution in [0.1, 0.15) is 15.9 Å². The number of alkyl halides is 2. The molecule has 0 saturated heterocycles. The molecule has 0 aliphatic heterocycles. The highest BCUT2D eigenvalue weighted by Gasteiger charge is 2.12. The molecule has 110 valence electrons. The molecule has 0 unspecified atom stereocenters. The molecule has 2 N–H and O–H groups in total. The van der Waals surface area contributed by atoms with Crippen molar-refractivity contribution < 1.29 is 14.7 Å². The SMILES string of the molecule is O=CNc1ccc(C(=O)O)cc1CN(CCCl)CCCl. The average molecular weight is 319 g/mol. The van der Waals surface area contributed by atoms with E-state index < -0.39 is 5.97 Å². The van der Waals surface area contributed by atoms with Crippen molar-refractivity contribution in [2.75, 3.05) is 30.2 Å². The van der Waals surface area contributed by atoms with E-state index in [1.165, 1.54) is 6.07 Å². The average Bonchev–Trinajstić information content (AvgIpc) is 2.41. The van der Waals surface area contributed by atoms with E-state index in [9.17, 15) is 9.59 Å². The number of carboxylic acids is 1. The Morgan fingerprint density at radius 2 is 1.95 bits per heavy atom. The second-order valence-corrected chi connectivity index (χ2v) is 4.85. The summed E-state index contributed by atoms with van der Waals surface area (Å²) in [5, 5.41) is 11.6. The van der Waals surface area contributed by atoms with Crippen molar-refractivity contribution in [1.29, 1.82) is 0 Å². The number of carboxylic acid groups (broad SMARTS) is 1. The molecule has 0 aliphatic rings. The van der Waals surface area contributed by atoms with Crippen LogP contribution in [0.2, 0.25) is 0 Å². The number of carbonyl (C=O) groups excluding carboxylic acids is 1. The molecular formula is C13H16Cl2N2O3. The minimum absolute atomic E-state index is 0.174. The number of halogens is 2. The third kappa shape index (κ3) is 5.00. The summed E-state index contributed by atoms with van der Waals surface area (Å²) in [6.07, 6.45) is 0.562. The third-order valence-electron chi connectivity index (χ3n) is 2.76. The summed E-state index contributed by atoms with van der Waals surface area (Å²) in [7, 11) is 0. The van der Waals surface area contributed by atoms with E-state index >= 15 is 0 Å². The Morgan fingerprint density at radius 3 is 2.45 bits per heavy atom. The van der Waals surface area contributed by atoms with Crippen molar-refractivity contribution in [2.24, 2.45) is 0 Å². The molecule has 0 atom stereocenters. The first-order valence-corrected chi connectivity index (χ1v) is 7.10. The maximum atomic E-state index is 11.0. The van der Waals surface area contributed by atoms with Crippen LogP contribution in [0.15, 0.2) is 18.2 Å². The number of amides is 1. The fraction of sp³-hybridized carbons (Fsp3) is 0.385. The zero-order valence-electron chi connectivity index (χ0n) is 10.8. The van der Waals surface area contributed by atoms with Gasteiger partial charge >= 0.3 is 5.97 Å². The molecule has 1 aromatic carbocycles. The molecule has 0 aliphatic carbocycles. The lowest BCUT2D eigenvalue weighted by molar-refractivity contribution is -0.105. The summed E-state index contributed by atoms with van der Waals surface area (Å²) in [5.41, 5.74) is 1.47. The molecule has 0 bridgehead atoms. The fourth-order valence-corrected chi connectivity index (χ4v) is 2.29. The van der Waals surface area contributed by atoms with E-state index in [0.717, 1.165) is 0 Å². The van der Waals surface area contributed by atoms with Crippen molar-refractivity contribution in [2.45, 2.75) is 6.54 Å². The zero-order valence-corrected chi connectivity index (χ0v) is 12.3. The molecule has 1 rings (SSSR count). The van der Waals surface area contributed by atoms with Crippen LogP contribution in [-0.4, -0.2) is 47.2 Å². The lowest BCUT2D eigenvalue weighted by Crippen LogP contribution is -2.28. The highest BCUT2D eigenvalue weighted by atomic mass is 35.5. The Balaban J connectivity index is 3.00. The minimum atomic E-state index is -1.01. The maximum absolute atomic E-state index is 11.0. The lowest BCUT2D eigenvalue weighted by atomic mass is 10.1. The minimum Gasteiger partial charge on any atom is -0.478 e. The van der Waals surface area contributed by atoms with Crippen molar-refractivity contribution in [1.82, 2.24) is 4.90 Å². The van der Waals surface area contributed by atoms with Gasteiger partial charge in [-0.25, -0.2) is 4.79 Å². The van der Waals surface area contributed by atoms with Crippen LogP contribution in [0.4, 0.5) is 5.69 Å². The van der Waals surface area contributed by atoms with Crippen molar-refractivity contribution in [3.63, 3.8) is 0 Å². The number of nitrogens with zero attached hydrogens (tertiary/aromatic N) is 1. The van der Waals surface area contributed by atoms with Gasteiger partial charge in [0, 0.05) is 37.1 Å². The zero-order chi connectivity index (χ0) is 15.0. The van der Waals surface area contributed by atoms with E-state index in [1.54, 1.807) is 12.1 Å². The van der Waals surface area contributed by atoms with Crippen molar-refractivity contribution >= 4 is 41.3 Å². The number of aromatic carboxylic acids is 1. The second-order valence-electron chi connectivity index (χ2n) is 4.09. The van der Waals surface area contributed by atoms with E-state index in [2.05, 4.69) is 5.32 Å². The molecule has 0 radical (unpaired) electrons. The number of hydrogen-bond donors (Lipinski definition) is 2. The van der Waals surface area contributed by atoms with Crippen LogP contribution in [0, 0.1) is 0 Å². The Kier molecular flexibility index (Phi) is 7.36. The third-order valence-corrected chi connectivity index (χ3v) is 3.10. The number of carbonyl (C=O) groups is 2. The van der Waals surface area contributed by atoms with E-state index in [1.807, 2.05) is 4.90 Å². The topological polar surface area (TPSA) is 69.6 Å². The van der Waals surface area contributed by atoms with Crippen LogP contribution in [-0.2, 0) is 11.3 Å². The monoisotopic (exact) mass is 318 g/mol. The van der Waals surface area contributed by atoms with Crippen LogP contribution in [0.3, 0.4) is 0 Å². The summed E-state index contributed by atoms with van der Waals surface area (Å²) in [4.78, 5) is 23.6. The Bertz CT molecular complexity index is 463. The van der Waals surface area contributed by atoms with Crippen LogP contribution in [0.25, 0.3) is 0 Å². The molecule has 1 aromatic rings. The van der Waals surface area contributed by atoms with Crippen LogP contribution < -0.4 is 5.32 Å². The lowest BCUT2D eigenvalue weighted by Gasteiger charge is -2.21. The van der Waals surface area contributed by atoms with E-state index in [4.69, 9.17) is 28.3 Å². The van der Waals surface area contributed by atoms with Gasteiger partial charge < -0.3 is 10.4 Å². The summed E-state index contributed by atoms with van der Waals surface area (Å²) >= 11 is 11.5. The molecule has 0 spiro atoms. The Morgan fingerprint density at radius 1 is 1.30 bits per heavy atom. The molecule has 1 amide bonds. The van der Waals surface area contributed by atoms with Gasteiger partial charge in [-0.15, -0.1) is 23.2 Å². The molecule has 20 heavy (non-hydrogen) atoms. The van der Waals surface area contributed by atoms with Crippen LogP contribution in [0.5, 0.6) is 0 Å². The molecule has 0 fully saturated rings. The number of rotatable bonds is 9. The van der Waals surface area contributed by atoms with Crippen molar-refractivity contribution in [3.05, 3.63) is 29.3 Å². The summed E-state index contributed by atoms with van der Waals surface area (Å²) in [6, 6.07) is 4.57. The van der Waals surface area contributed by atoms with Gasteiger partial charge in [-0.05, 0) is 23.8 Å². The number of nitrogens with one attached hydrogen (secondary N) is 1. The largest absolute Gasteiger partial charge is 0.478 e. The second kappa shape index (κ2) is 8.79. The number of hydrogen-bond acceptors (Lipinski definition) is 3. The first-order valence-electron chi connectivity index (χ1n) is 6.03. The Labute approximate surface area is 127 Å². The van der Waals surface area contributed by atoms with Gasteiger partial charge in [0.15, 0.2) is 0 Å². The van der Waals surface area contributed by atoms with Gasteiger partial charge in [0.25, 0.3) is 0 Å². The van der Waals surface area contributed by atoms with E-state index in [0.29, 0.717) is 49.1 Å². The number of anilines is 1. The Hall–Kier alpha value is -1.30. The highest BCUT2D eigenvalue weighted by molar-refractivity contribution is 6.18. The normalized spacial score (nSPS) is 10.6. The number of benzene rings is 1. The molecule has 5 nitrogen and oxygen atoms in total. The molecule has 0 aromatic heterocycles. The first kappa shape index (κ1) is 16.8. The van der Waals surface area contributed by atoms with Gasteiger partial charge in [-0.3, -0.25) is 9.69 Å². The standard InChI is InChI=1S/C13H16Cl2N2O3/c14-3-5-17(6-4-15)8-11-7-10(13(19)20)1-2-12(11)16-9-18/h1-2,7,9H,3-6,8H2,(H,16,18)(H,19,20). The summed E-state index contributed by atoms with van der Waals surface area (Å²) < 4.78 is 0. The maximum Gasteiger partial charge on any atom is 0.335 e. The summed E-state index contributed by atoms with van der Waals surface area (Å²) in [6.45, 7) is 1.73. The van der Waals surface area contributed by atoms with Gasteiger partial charge in [0.05, 0.1) is 5.56 Å². The first-order chi connectivity index (χ1) is 9.62. The molecule has 0 saturated carbocycles.